The normalized spacial score (nSPS) is 11.5. The van der Waals surface area contributed by atoms with Gasteiger partial charge < -0.3 is 16.0 Å². The average Bonchev–Trinajstić information content (AvgIpc) is 3.00. The Balaban J connectivity index is 0.00000182. The maximum atomic E-state index is 12.5. The Kier molecular flexibility index (Phi) is 8.60. The van der Waals surface area contributed by atoms with Crippen molar-refractivity contribution in [2.45, 2.75) is 32.7 Å². The van der Waals surface area contributed by atoms with Crippen molar-refractivity contribution in [2.24, 2.45) is 5.92 Å². The van der Waals surface area contributed by atoms with E-state index in [4.69, 9.17) is 5.73 Å². The fourth-order valence-electron chi connectivity index (χ4n) is 2.91. The minimum atomic E-state index is -0.131. The van der Waals surface area contributed by atoms with Gasteiger partial charge in [0.15, 0.2) is 0 Å². The second-order valence-corrected chi connectivity index (χ2v) is 6.81. The Morgan fingerprint density at radius 3 is 2.41 bits per heavy atom. The summed E-state index contributed by atoms with van der Waals surface area (Å²) >= 11 is 0. The van der Waals surface area contributed by atoms with Crippen molar-refractivity contribution in [1.82, 2.24) is 15.3 Å². The van der Waals surface area contributed by atoms with Crippen LogP contribution in [0.15, 0.2) is 48.5 Å². The molecule has 1 aromatic heterocycles. The summed E-state index contributed by atoms with van der Waals surface area (Å²) in [4.78, 5) is 20.5. The van der Waals surface area contributed by atoms with E-state index in [1.165, 1.54) is 0 Å². The number of benzene rings is 2. The highest BCUT2D eigenvalue weighted by Crippen LogP contribution is 2.22. The van der Waals surface area contributed by atoms with Gasteiger partial charge in [-0.05, 0) is 42.2 Å². The van der Waals surface area contributed by atoms with Crippen LogP contribution in [0.5, 0.6) is 0 Å². The van der Waals surface area contributed by atoms with Crippen LogP contribution in [-0.2, 0) is 11.2 Å². The van der Waals surface area contributed by atoms with Crippen molar-refractivity contribution in [2.75, 3.05) is 5.73 Å². The fraction of sp³-hybridized carbons (Fsp3) is 0.300. The summed E-state index contributed by atoms with van der Waals surface area (Å²) in [5, 5.41) is 3.12. The lowest BCUT2D eigenvalue weighted by molar-refractivity contribution is -0.121. The van der Waals surface area contributed by atoms with E-state index in [2.05, 4.69) is 29.1 Å². The highest BCUT2D eigenvalue weighted by molar-refractivity contribution is 5.85. The number of nitrogens with two attached hydrogens (primary N) is 1. The molecule has 1 heterocycles. The molecule has 0 aliphatic rings. The third kappa shape index (κ3) is 6.15. The number of aromatic amines is 1. The van der Waals surface area contributed by atoms with Gasteiger partial charge >= 0.3 is 0 Å². The number of imidazole rings is 1. The van der Waals surface area contributed by atoms with Gasteiger partial charge in [0.05, 0.1) is 23.5 Å². The van der Waals surface area contributed by atoms with Crippen molar-refractivity contribution in [3.8, 4) is 0 Å². The van der Waals surface area contributed by atoms with Crippen LogP contribution in [0, 0.1) is 5.92 Å². The van der Waals surface area contributed by atoms with Gasteiger partial charge in [-0.3, -0.25) is 4.79 Å². The van der Waals surface area contributed by atoms with E-state index in [0.717, 1.165) is 28.8 Å². The Bertz CT molecular complexity index is 829. The molecule has 3 rings (SSSR count). The van der Waals surface area contributed by atoms with Crippen LogP contribution in [0.1, 0.15) is 37.7 Å². The molecule has 0 saturated heterocycles. The van der Waals surface area contributed by atoms with Crippen molar-refractivity contribution in [1.29, 1.82) is 0 Å². The number of nitrogen functional groups attached to an aromatic ring is 1. The first-order valence-electron chi connectivity index (χ1n) is 8.59. The summed E-state index contributed by atoms with van der Waals surface area (Å²) in [6.07, 6.45) is 1.16. The van der Waals surface area contributed by atoms with Crippen LogP contribution in [0.4, 0.5) is 5.69 Å². The molecule has 1 atom stereocenters. The molecule has 146 valence electrons. The van der Waals surface area contributed by atoms with Gasteiger partial charge in [-0.15, -0.1) is 24.8 Å². The largest absolute Gasteiger partial charge is 0.399 e. The molecular formula is C20H26Cl2N4O. The number of amides is 1. The first-order valence-corrected chi connectivity index (χ1v) is 8.59. The highest BCUT2D eigenvalue weighted by atomic mass is 35.5. The second-order valence-electron chi connectivity index (χ2n) is 6.81. The number of fused-ring (bicyclic) bond motifs is 1. The van der Waals surface area contributed by atoms with E-state index in [9.17, 15) is 4.79 Å². The number of nitrogens with zero attached hydrogens (tertiary/aromatic N) is 1. The van der Waals surface area contributed by atoms with E-state index < -0.39 is 0 Å². The number of halogens is 2. The first kappa shape index (κ1) is 22.8. The van der Waals surface area contributed by atoms with E-state index in [-0.39, 0.29) is 36.8 Å². The lowest BCUT2D eigenvalue weighted by Gasteiger charge is -2.19. The molecule has 3 aromatic rings. The summed E-state index contributed by atoms with van der Waals surface area (Å²) in [5.41, 5.74) is 9.24. The lowest BCUT2D eigenvalue weighted by atomic mass is 10.0. The van der Waals surface area contributed by atoms with Crippen molar-refractivity contribution in [3.63, 3.8) is 0 Å². The average molecular weight is 409 g/mol. The summed E-state index contributed by atoms with van der Waals surface area (Å²) in [6, 6.07) is 15.2. The third-order valence-electron chi connectivity index (χ3n) is 4.12. The maximum Gasteiger partial charge on any atom is 0.225 e. The number of carbonyl (C=O) groups is 1. The summed E-state index contributed by atoms with van der Waals surface area (Å²) in [5.74, 6) is 1.23. The molecular weight excluding hydrogens is 383 g/mol. The monoisotopic (exact) mass is 408 g/mol. The van der Waals surface area contributed by atoms with Gasteiger partial charge in [0, 0.05) is 5.69 Å². The van der Waals surface area contributed by atoms with E-state index >= 15 is 0 Å². The molecule has 0 radical (unpaired) electrons. The van der Waals surface area contributed by atoms with Crippen molar-refractivity contribution < 1.29 is 4.79 Å². The molecule has 0 bridgehead atoms. The van der Waals surface area contributed by atoms with Gasteiger partial charge in [-0.25, -0.2) is 4.98 Å². The minimum Gasteiger partial charge on any atom is -0.399 e. The molecule has 0 aliphatic carbocycles. The molecule has 1 amide bonds. The first-order chi connectivity index (χ1) is 12.0. The number of hydrogen-bond donors (Lipinski definition) is 3. The van der Waals surface area contributed by atoms with E-state index in [1.54, 1.807) is 0 Å². The zero-order chi connectivity index (χ0) is 17.8. The number of nitrogens with one attached hydrogen (secondary N) is 2. The molecule has 7 heteroatoms. The molecule has 1 unspecified atom stereocenters. The number of para-hydroxylation sites is 2. The topological polar surface area (TPSA) is 83.8 Å². The van der Waals surface area contributed by atoms with Gasteiger partial charge in [0.25, 0.3) is 0 Å². The Labute approximate surface area is 172 Å². The number of hydrogen-bond acceptors (Lipinski definition) is 3. The summed E-state index contributed by atoms with van der Waals surface area (Å²) in [7, 11) is 0. The molecule has 0 saturated carbocycles. The Hall–Kier alpha value is -2.24. The van der Waals surface area contributed by atoms with Crippen molar-refractivity contribution >= 4 is 47.4 Å². The highest BCUT2D eigenvalue weighted by Gasteiger charge is 2.19. The van der Waals surface area contributed by atoms with Crippen LogP contribution in [0.25, 0.3) is 11.0 Å². The summed E-state index contributed by atoms with van der Waals surface area (Å²) < 4.78 is 0. The Morgan fingerprint density at radius 1 is 1.11 bits per heavy atom. The molecule has 5 nitrogen and oxygen atoms in total. The number of aromatic nitrogens is 2. The van der Waals surface area contributed by atoms with E-state index in [0.29, 0.717) is 18.0 Å². The molecule has 0 spiro atoms. The molecule has 0 fully saturated rings. The number of H-pyrrole nitrogens is 1. The van der Waals surface area contributed by atoms with E-state index in [1.807, 2.05) is 48.5 Å². The zero-order valence-corrected chi connectivity index (χ0v) is 17.1. The van der Waals surface area contributed by atoms with Crippen LogP contribution < -0.4 is 11.1 Å². The standard InChI is InChI=1S/C20H24N4O.2ClH/c1-13(2)11-18(20-23-16-5-3-4-6-17(16)24-20)22-19(25)12-14-7-9-15(21)10-8-14;;/h3-10,13,18H,11-12,21H2,1-2H3,(H,22,25)(H,23,24);2*1H. The van der Waals surface area contributed by atoms with Gasteiger partial charge in [0.2, 0.25) is 5.91 Å². The SMILES string of the molecule is CC(C)CC(NC(=O)Cc1ccc(N)cc1)c1nc2ccccc2[nH]1.Cl.Cl. The van der Waals surface area contributed by atoms with Crippen molar-refractivity contribution in [3.05, 3.63) is 59.9 Å². The predicted octanol–water partition coefficient (Wildman–Crippen LogP) is 4.43. The number of rotatable bonds is 6. The van der Waals surface area contributed by atoms with Crippen LogP contribution in [0.2, 0.25) is 0 Å². The summed E-state index contributed by atoms with van der Waals surface area (Å²) in [6.45, 7) is 4.28. The maximum absolute atomic E-state index is 12.5. The molecule has 2 aromatic carbocycles. The third-order valence-corrected chi connectivity index (χ3v) is 4.12. The van der Waals surface area contributed by atoms with Gasteiger partial charge in [-0.2, -0.15) is 0 Å². The zero-order valence-electron chi connectivity index (χ0n) is 15.4. The van der Waals surface area contributed by atoms with Gasteiger partial charge in [0.1, 0.15) is 5.82 Å². The molecule has 4 N–H and O–H groups in total. The quantitative estimate of drug-likeness (QED) is 0.527. The number of anilines is 1. The molecule has 27 heavy (non-hydrogen) atoms. The number of carbonyl (C=O) groups excluding carboxylic acids is 1. The van der Waals surface area contributed by atoms with Crippen LogP contribution in [0.3, 0.4) is 0 Å². The predicted molar refractivity (Wildman–Crippen MR) is 115 cm³/mol. The lowest BCUT2D eigenvalue weighted by Crippen LogP contribution is -2.31. The van der Waals surface area contributed by atoms with Gasteiger partial charge in [-0.1, -0.05) is 38.1 Å². The molecule has 0 aliphatic heterocycles. The fourth-order valence-corrected chi connectivity index (χ4v) is 2.91. The van der Waals surface area contributed by atoms with Crippen LogP contribution in [-0.4, -0.2) is 15.9 Å². The van der Waals surface area contributed by atoms with Crippen LogP contribution >= 0.6 is 24.8 Å². The second kappa shape index (κ2) is 10.2. The Morgan fingerprint density at radius 2 is 1.78 bits per heavy atom. The smallest absolute Gasteiger partial charge is 0.225 e. The minimum absolute atomic E-state index is 0.